The highest BCUT2D eigenvalue weighted by Gasteiger charge is 2.20. The van der Waals surface area contributed by atoms with Crippen LogP contribution in [0.25, 0.3) is 0 Å². The summed E-state index contributed by atoms with van der Waals surface area (Å²) in [5.74, 6) is 0.282. The number of hydrogen-bond donors (Lipinski definition) is 0. The van der Waals surface area contributed by atoms with Crippen LogP contribution in [-0.2, 0) is 6.42 Å². The molecule has 2 nitrogen and oxygen atoms in total. The Labute approximate surface area is 119 Å². The minimum Gasteiger partial charge on any atom is -0.255 e. The molecule has 2 aromatic carbocycles. The molecule has 0 saturated heterocycles. The largest absolute Gasteiger partial charge is 0.255 e. The maximum Gasteiger partial charge on any atom is 0.0885 e. The molecule has 20 heavy (non-hydrogen) atoms. The van der Waals surface area contributed by atoms with Crippen molar-refractivity contribution in [3.05, 3.63) is 60.2 Å². The topological polar surface area (TPSA) is 24.7 Å². The van der Waals surface area contributed by atoms with Crippen molar-refractivity contribution in [3.8, 4) is 0 Å². The molecular weight excluding hydrogens is 244 g/mol. The highest BCUT2D eigenvalue weighted by atomic mass is 14.9. The zero-order valence-corrected chi connectivity index (χ0v) is 11.9. The third-order valence-corrected chi connectivity index (χ3v) is 3.77. The van der Waals surface area contributed by atoms with Gasteiger partial charge in [0, 0.05) is 17.3 Å². The van der Waals surface area contributed by atoms with Gasteiger partial charge in [-0.05, 0) is 38.0 Å². The Morgan fingerprint density at radius 3 is 1.80 bits per heavy atom. The Morgan fingerprint density at radius 1 is 0.750 bits per heavy atom. The van der Waals surface area contributed by atoms with E-state index in [4.69, 9.17) is 9.98 Å². The van der Waals surface area contributed by atoms with Crippen molar-refractivity contribution in [2.45, 2.75) is 20.3 Å². The molecule has 1 aliphatic heterocycles. The molecule has 3 rings (SSSR count). The first-order chi connectivity index (χ1) is 9.74. The number of hydrogen-bond acceptors (Lipinski definition) is 2. The van der Waals surface area contributed by atoms with E-state index in [2.05, 4.69) is 38.1 Å². The molecule has 100 valence electrons. The van der Waals surface area contributed by atoms with Gasteiger partial charge in [0.2, 0.25) is 0 Å². The summed E-state index contributed by atoms with van der Waals surface area (Å²) < 4.78 is 0. The molecule has 0 aromatic heterocycles. The zero-order valence-electron chi connectivity index (χ0n) is 11.9. The first kappa shape index (κ1) is 12.8. The van der Waals surface area contributed by atoms with Crippen LogP contribution in [0.1, 0.15) is 19.4 Å². The standard InChI is InChI=1S/C18H18N2/c1-13-16(12-15-8-4-3-5-9-15)14(2)20-18-11-7-6-10-17(18)19-13/h3-11,16H,12H2,1-2H3. The maximum atomic E-state index is 4.77. The highest BCUT2D eigenvalue weighted by molar-refractivity contribution is 6.09. The molecular formula is C18H18N2. The average Bonchev–Trinajstić information content (AvgIpc) is 2.58. The van der Waals surface area contributed by atoms with E-state index in [1.807, 2.05) is 30.3 Å². The zero-order chi connectivity index (χ0) is 13.9. The predicted molar refractivity (Wildman–Crippen MR) is 85.6 cm³/mol. The van der Waals surface area contributed by atoms with Gasteiger partial charge < -0.3 is 0 Å². The fourth-order valence-electron chi connectivity index (χ4n) is 2.64. The molecule has 2 heteroatoms. The van der Waals surface area contributed by atoms with Crippen LogP contribution < -0.4 is 0 Å². The molecule has 0 fully saturated rings. The van der Waals surface area contributed by atoms with Crippen LogP contribution in [0.3, 0.4) is 0 Å². The molecule has 1 heterocycles. The van der Waals surface area contributed by atoms with Crippen molar-refractivity contribution >= 4 is 22.8 Å². The van der Waals surface area contributed by atoms with Gasteiger partial charge in [0.05, 0.1) is 11.4 Å². The fraction of sp³-hybridized carbons (Fsp3) is 0.222. The number of aliphatic imine (C=N–C) groups is 2. The molecule has 0 atom stereocenters. The van der Waals surface area contributed by atoms with Crippen LogP contribution in [0.5, 0.6) is 0 Å². The van der Waals surface area contributed by atoms with Crippen LogP contribution in [0.15, 0.2) is 64.6 Å². The summed E-state index contributed by atoms with van der Waals surface area (Å²) >= 11 is 0. The Balaban J connectivity index is 1.98. The first-order valence-corrected chi connectivity index (χ1v) is 6.97. The van der Waals surface area contributed by atoms with Crippen molar-refractivity contribution in [2.24, 2.45) is 15.9 Å². The van der Waals surface area contributed by atoms with Crippen molar-refractivity contribution < 1.29 is 0 Å². The van der Waals surface area contributed by atoms with E-state index in [0.717, 1.165) is 29.2 Å². The molecule has 0 spiro atoms. The van der Waals surface area contributed by atoms with Crippen LogP contribution in [-0.4, -0.2) is 11.4 Å². The van der Waals surface area contributed by atoms with Gasteiger partial charge in [-0.25, -0.2) is 0 Å². The summed E-state index contributed by atoms with van der Waals surface area (Å²) in [6.07, 6.45) is 0.958. The van der Waals surface area contributed by atoms with E-state index >= 15 is 0 Å². The van der Waals surface area contributed by atoms with Gasteiger partial charge in [0.25, 0.3) is 0 Å². The van der Waals surface area contributed by atoms with Gasteiger partial charge in [0.15, 0.2) is 0 Å². The summed E-state index contributed by atoms with van der Waals surface area (Å²) in [5, 5.41) is 0. The van der Waals surface area contributed by atoms with Crippen LogP contribution >= 0.6 is 0 Å². The quantitative estimate of drug-likeness (QED) is 0.746. The Morgan fingerprint density at radius 2 is 1.25 bits per heavy atom. The predicted octanol–water partition coefficient (Wildman–Crippen LogP) is 4.74. The molecule has 0 aliphatic carbocycles. The summed E-state index contributed by atoms with van der Waals surface area (Å²) in [4.78, 5) is 9.54. The van der Waals surface area contributed by atoms with Gasteiger partial charge >= 0.3 is 0 Å². The van der Waals surface area contributed by atoms with Gasteiger partial charge in [-0.2, -0.15) is 0 Å². The fourth-order valence-corrected chi connectivity index (χ4v) is 2.64. The van der Waals surface area contributed by atoms with Crippen LogP contribution in [0.2, 0.25) is 0 Å². The Hall–Kier alpha value is -2.22. The molecule has 0 unspecified atom stereocenters. The molecule has 0 bridgehead atoms. The number of para-hydroxylation sites is 2. The lowest BCUT2D eigenvalue weighted by molar-refractivity contribution is 0.885. The normalized spacial score (nSPS) is 15.1. The molecule has 0 N–H and O–H groups in total. The minimum atomic E-state index is 0.282. The number of benzene rings is 2. The number of fused-ring (bicyclic) bond motifs is 1. The van der Waals surface area contributed by atoms with Crippen molar-refractivity contribution in [3.63, 3.8) is 0 Å². The van der Waals surface area contributed by atoms with Crippen molar-refractivity contribution in [1.82, 2.24) is 0 Å². The van der Waals surface area contributed by atoms with E-state index in [0.29, 0.717) is 0 Å². The van der Waals surface area contributed by atoms with Gasteiger partial charge in [-0.15, -0.1) is 0 Å². The van der Waals surface area contributed by atoms with Crippen molar-refractivity contribution in [2.75, 3.05) is 0 Å². The van der Waals surface area contributed by atoms with E-state index in [1.54, 1.807) is 0 Å². The highest BCUT2D eigenvalue weighted by Crippen LogP contribution is 2.32. The second kappa shape index (κ2) is 5.41. The van der Waals surface area contributed by atoms with Gasteiger partial charge in [-0.1, -0.05) is 42.5 Å². The van der Waals surface area contributed by atoms with Gasteiger partial charge in [-0.3, -0.25) is 9.98 Å². The average molecular weight is 262 g/mol. The lowest BCUT2D eigenvalue weighted by Gasteiger charge is -2.15. The SMILES string of the molecule is CC1=Nc2ccccc2N=C(C)C1Cc1ccccc1. The van der Waals surface area contributed by atoms with E-state index in [9.17, 15) is 0 Å². The van der Waals surface area contributed by atoms with Gasteiger partial charge in [0.1, 0.15) is 0 Å². The molecule has 0 radical (unpaired) electrons. The molecule has 0 saturated carbocycles. The number of rotatable bonds is 2. The lowest BCUT2D eigenvalue weighted by Crippen LogP contribution is -2.21. The second-order valence-electron chi connectivity index (χ2n) is 5.24. The van der Waals surface area contributed by atoms with Crippen LogP contribution in [0, 0.1) is 5.92 Å². The molecule has 0 amide bonds. The second-order valence-corrected chi connectivity index (χ2v) is 5.24. The minimum absolute atomic E-state index is 0.282. The third-order valence-electron chi connectivity index (χ3n) is 3.77. The van der Waals surface area contributed by atoms with Crippen molar-refractivity contribution in [1.29, 1.82) is 0 Å². The molecule has 1 aliphatic rings. The first-order valence-electron chi connectivity index (χ1n) is 6.97. The third kappa shape index (κ3) is 2.55. The summed E-state index contributed by atoms with van der Waals surface area (Å²) in [6.45, 7) is 4.21. The van der Waals surface area contributed by atoms with E-state index in [1.165, 1.54) is 5.56 Å². The Kier molecular flexibility index (Phi) is 3.46. The summed E-state index contributed by atoms with van der Waals surface area (Å²) in [6, 6.07) is 18.6. The smallest absolute Gasteiger partial charge is 0.0885 e. The summed E-state index contributed by atoms with van der Waals surface area (Å²) in [5.41, 5.74) is 5.55. The Bertz CT molecular complexity index is 630. The van der Waals surface area contributed by atoms with E-state index in [-0.39, 0.29) is 5.92 Å². The monoisotopic (exact) mass is 262 g/mol. The van der Waals surface area contributed by atoms with Crippen LogP contribution in [0.4, 0.5) is 11.4 Å². The lowest BCUT2D eigenvalue weighted by atomic mass is 9.91. The maximum absolute atomic E-state index is 4.77. The number of nitrogens with zero attached hydrogens (tertiary/aromatic N) is 2. The summed E-state index contributed by atoms with van der Waals surface area (Å²) in [7, 11) is 0. The molecule has 2 aromatic rings. The van der Waals surface area contributed by atoms with E-state index < -0.39 is 0 Å².